The number of nitriles is 1. The Hall–Kier alpha value is -0.340. The minimum absolute atomic E-state index is 0.0121. The Balaban J connectivity index is 3.44. The highest BCUT2D eigenvalue weighted by molar-refractivity contribution is 14.1. The molecule has 56 valence electrons. The van der Waals surface area contributed by atoms with Crippen molar-refractivity contribution in [2.45, 2.75) is 0 Å². The number of hydrogen-bond donors (Lipinski definition) is 0. The molecule has 0 heterocycles. The van der Waals surface area contributed by atoms with Gasteiger partial charge >= 0.3 is 0 Å². The van der Waals surface area contributed by atoms with Gasteiger partial charge < -0.3 is 0 Å². The Bertz CT molecular complexity index is 332. The smallest absolute Gasteiger partial charge is 0.142 e. The first-order valence-corrected chi connectivity index (χ1v) is 4.16. The second-order valence-corrected chi connectivity index (χ2v) is 3.32. The lowest BCUT2D eigenvalue weighted by Crippen LogP contribution is -1.88. The second-order valence-electron chi connectivity index (χ2n) is 1.83. The van der Waals surface area contributed by atoms with Crippen LogP contribution in [0.2, 0.25) is 5.02 Å². The molecule has 0 aliphatic rings. The van der Waals surface area contributed by atoms with Crippen LogP contribution in [0.5, 0.6) is 0 Å². The molecule has 4 heteroatoms. The molecule has 1 nitrogen and oxygen atoms in total. The van der Waals surface area contributed by atoms with Gasteiger partial charge in [-0.25, -0.2) is 4.39 Å². The SMILES string of the molecule is N#Cc1c(F)ccc(Cl)c1I. The van der Waals surface area contributed by atoms with E-state index in [9.17, 15) is 4.39 Å². The number of hydrogen-bond acceptors (Lipinski definition) is 1. The van der Waals surface area contributed by atoms with E-state index in [0.717, 1.165) is 0 Å². The first-order valence-electron chi connectivity index (χ1n) is 2.70. The van der Waals surface area contributed by atoms with E-state index in [1.165, 1.54) is 12.1 Å². The van der Waals surface area contributed by atoms with Crippen LogP contribution in [0.3, 0.4) is 0 Å². The minimum Gasteiger partial charge on any atom is -0.206 e. The first-order chi connectivity index (χ1) is 5.16. The van der Waals surface area contributed by atoms with E-state index < -0.39 is 5.82 Å². The molecule has 0 spiro atoms. The van der Waals surface area contributed by atoms with Crippen LogP contribution in [-0.2, 0) is 0 Å². The molecule has 0 N–H and O–H groups in total. The molecule has 0 fully saturated rings. The maximum atomic E-state index is 12.7. The van der Waals surface area contributed by atoms with Gasteiger partial charge in [-0.1, -0.05) is 11.6 Å². The Labute approximate surface area is 81.9 Å². The summed E-state index contributed by atoms with van der Waals surface area (Å²) in [5.41, 5.74) is 0.0121. The van der Waals surface area contributed by atoms with Gasteiger partial charge in [0.05, 0.1) is 8.59 Å². The first kappa shape index (κ1) is 8.75. The van der Waals surface area contributed by atoms with Gasteiger partial charge in [-0.2, -0.15) is 5.26 Å². The molecule has 0 aliphatic carbocycles. The van der Waals surface area contributed by atoms with Gasteiger partial charge in [-0.15, -0.1) is 0 Å². The van der Waals surface area contributed by atoms with Crippen LogP contribution >= 0.6 is 34.2 Å². The van der Waals surface area contributed by atoms with Crippen molar-refractivity contribution in [2.75, 3.05) is 0 Å². The highest BCUT2D eigenvalue weighted by atomic mass is 127. The van der Waals surface area contributed by atoms with Gasteiger partial charge in [0.2, 0.25) is 0 Å². The molecule has 11 heavy (non-hydrogen) atoms. The fourth-order valence-corrected chi connectivity index (χ4v) is 1.35. The summed E-state index contributed by atoms with van der Waals surface area (Å²) in [5, 5.41) is 8.88. The van der Waals surface area contributed by atoms with E-state index in [2.05, 4.69) is 0 Å². The molecule has 0 unspecified atom stereocenters. The molecule has 0 atom stereocenters. The monoisotopic (exact) mass is 281 g/mol. The molecule has 1 rings (SSSR count). The van der Waals surface area contributed by atoms with Gasteiger partial charge in [0.1, 0.15) is 17.4 Å². The van der Waals surface area contributed by atoms with Crippen LogP contribution in [0.4, 0.5) is 4.39 Å². The van der Waals surface area contributed by atoms with Crippen molar-refractivity contribution in [3.05, 3.63) is 32.1 Å². The Morgan fingerprint density at radius 1 is 1.55 bits per heavy atom. The van der Waals surface area contributed by atoms with Crippen LogP contribution in [0.15, 0.2) is 12.1 Å². The summed E-state index contributed by atoms with van der Waals surface area (Å²) in [4.78, 5) is 0. The van der Waals surface area contributed by atoms with E-state index in [0.29, 0.717) is 8.59 Å². The molecule has 1 aromatic rings. The predicted octanol–water partition coefficient (Wildman–Crippen LogP) is 2.96. The molecule has 1 aromatic carbocycles. The quantitative estimate of drug-likeness (QED) is 0.530. The van der Waals surface area contributed by atoms with Crippen molar-refractivity contribution < 1.29 is 4.39 Å². The molecule has 0 aromatic heterocycles. The van der Waals surface area contributed by atoms with Crippen molar-refractivity contribution in [1.82, 2.24) is 0 Å². The minimum atomic E-state index is -0.527. The Morgan fingerprint density at radius 2 is 2.18 bits per heavy atom. The number of benzene rings is 1. The molecule has 0 saturated carbocycles. The lowest BCUT2D eigenvalue weighted by molar-refractivity contribution is 0.623. The molecular weight excluding hydrogens is 279 g/mol. The molecule has 0 aliphatic heterocycles. The largest absolute Gasteiger partial charge is 0.206 e. The zero-order valence-corrected chi connectivity index (χ0v) is 8.15. The average molecular weight is 281 g/mol. The predicted molar refractivity (Wildman–Crippen MR) is 48.8 cm³/mol. The molecule has 0 bridgehead atoms. The summed E-state index contributed by atoms with van der Waals surface area (Å²) < 4.78 is 13.2. The number of nitrogens with zero attached hydrogens (tertiary/aromatic N) is 1. The lowest BCUT2D eigenvalue weighted by atomic mass is 10.2. The summed E-state index contributed by atoms with van der Waals surface area (Å²) in [7, 11) is 0. The zero-order chi connectivity index (χ0) is 8.43. The van der Waals surface area contributed by atoms with Crippen molar-refractivity contribution in [3.8, 4) is 6.07 Å². The molecular formula is C7H2ClFIN. The van der Waals surface area contributed by atoms with E-state index in [1.807, 2.05) is 22.6 Å². The number of halogens is 3. The highest BCUT2D eigenvalue weighted by Gasteiger charge is 2.08. The van der Waals surface area contributed by atoms with Crippen LogP contribution in [0, 0.1) is 20.7 Å². The summed E-state index contributed by atoms with van der Waals surface area (Å²) in [6.45, 7) is 0. The highest BCUT2D eigenvalue weighted by Crippen LogP contribution is 2.23. The fraction of sp³-hybridized carbons (Fsp3) is 0. The van der Waals surface area contributed by atoms with Crippen molar-refractivity contribution >= 4 is 34.2 Å². The van der Waals surface area contributed by atoms with E-state index in [-0.39, 0.29) is 5.56 Å². The lowest BCUT2D eigenvalue weighted by Gasteiger charge is -1.97. The average Bonchev–Trinajstić information content (AvgIpc) is 1.99. The third-order valence-electron chi connectivity index (χ3n) is 1.16. The Morgan fingerprint density at radius 3 is 2.64 bits per heavy atom. The van der Waals surface area contributed by atoms with Gasteiger partial charge in [0, 0.05) is 0 Å². The van der Waals surface area contributed by atoms with Crippen molar-refractivity contribution in [3.63, 3.8) is 0 Å². The van der Waals surface area contributed by atoms with Gasteiger partial charge in [0.15, 0.2) is 0 Å². The van der Waals surface area contributed by atoms with E-state index in [1.54, 1.807) is 6.07 Å². The summed E-state index contributed by atoms with van der Waals surface area (Å²) in [6, 6.07) is 4.35. The van der Waals surface area contributed by atoms with Crippen LogP contribution in [0.1, 0.15) is 5.56 Å². The second kappa shape index (κ2) is 3.37. The van der Waals surface area contributed by atoms with Crippen LogP contribution < -0.4 is 0 Å². The Kier molecular flexibility index (Phi) is 2.68. The summed E-state index contributed by atoms with van der Waals surface area (Å²) in [6.07, 6.45) is 0. The molecule has 0 saturated heterocycles. The van der Waals surface area contributed by atoms with Crippen molar-refractivity contribution in [1.29, 1.82) is 5.26 Å². The third-order valence-corrected chi connectivity index (χ3v) is 2.91. The summed E-state index contributed by atoms with van der Waals surface area (Å²) in [5.74, 6) is -0.527. The molecule has 0 amide bonds. The number of rotatable bonds is 0. The zero-order valence-electron chi connectivity index (χ0n) is 5.24. The van der Waals surface area contributed by atoms with Crippen molar-refractivity contribution in [2.24, 2.45) is 0 Å². The van der Waals surface area contributed by atoms with Gasteiger partial charge in [-0.3, -0.25) is 0 Å². The van der Waals surface area contributed by atoms with Gasteiger partial charge in [0.25, 0.3) is 0 Å². The van der Waals surface area contributed by atoms with Crippen LogP contribution in [0.25, 0.3) is 0 Å². The third kappa shape index (κ3) is 1.63. The fourth-order valence-electron chi connectivity index (χ4n) is 0.630. The van der Waals surface area contributed by atoms with Gasteiger partial charge in [-0.05, 0) is 34.7 Å². The molecule has 0 radical (unpaired) electrons. The van der Waals surface area contributed by atoms with Crippen LogP contribution in [-0.4, -0.2) is 0 Å². The summed E-state index contributed by atoms with van der Waals surface area (Å²) >= 11 is 7.48. The maximum Gasteiger partial charge on any atom is 0.142 e. The topological polar surface area (TPSA) is 23.8 Å². The maximum absolute atomic E-state index is 12.7. The van der Waals surface area contributed by atoms with E-state index in [4.69, 9.17) is 16.9 Å². The van der Waals surface area contributed by atoms with E-state index >= 15 is 0 Å². The standard InChI is InChI=1S/C7H2ClFIN/c8-5-1-2-6(9)4(3-11)7(5)10/h1-2H. The normalized spacial score (nSPS) is 9.27.